The van der Waals surface area contributed by atoms with Crippen molar-refractivity contribution < 1.29 is 13.6 Å². The molecule has 11 heteroatoms. The van der Waals surface area contributed by atoms with Crippen molar-refractivity contribution in [2.45, 2.75) is 6.54 Å². The van der Waals surface area contributed by atoms with Crippen molar-refractivity contribution in [1.82, 2.24) is 25.2 Å². The van der Waals surface area contributed by atoms with E-state index >= 15 is 0 Å². The minimum Gasteiger partial charge on any atom is -0.352 e. The summed E-state index contributed by atoms with van der Waals surface area (Å²) >= 11 is 1.36. The predicted octanol–water partition coefficient (Wildman–Crippen LogP) is 3.59. The molecule has 1 fully saturated rings. The molecule has 1 aromatic carbocycles. The van der Waals surface area contributed by atoms with Gasteiger partial charge >= 0.3 is 6.03 Å². The zero-order valence-corrected chi connectivity index (χ0v) is 18.8. The first-order valence-corrected chi connectivity index (χ1v) is 11.5. The zero-order valence-electron chi connectivity index (χ0n) is 18.0. The second-order valence-corrected chi connectivity index (χ2v) is 8.79. The van der Waals surface area contributed by atoms with Crippen molar-refractivity contribution in [3.05, 3.63) is 60.1 Å². The van der Waals surface area contributed by atoms with E-state index in [4.69, 9.17) is 5.73 Å². The first-order valence-electron chi connectivity index (χ1n) is 10.7. The van der Waals surface area contributed by atoms with Crippen LogP contribution in [-0.4, -0.2) is 52.1 Å². The van der Waals surface area contributed by atoms with Crippen LogP contribution in [0.5, 0.6) is 0 Å². The molecule has 0 atom stereocenters. The molecule has 0 aliphatic carbocycles. The molecule has 4 N–H and O–H groups in total. The summed E-state index contributed by atoms with van der Waals surface area (Å²) in [5.74, 6) is -0.865. The quantitative estimate of drug-likeness (QED) is 0.348. The van der Waals surface area contributed by atoms with Gasteiger partial charge in [-0.1, -0.05) is 18.2 Å². The van der Waals surface area contributed by atoms with Gasteiger partial charge in [0.15, 0.2) is 5.82 Å². The third-order valence-electron chi connectivity index (χ3n) is 5.59. The van der Waals surface area contributed by atoms with Crippen molar-refractivity contribution in [1.29, 1.82) is 0 Å². The lowest BCUT2D eigenvalue weighted by Gasteiger charge is -2.14. The molecule has 1 aliphatic heterocycles. The average molecular weight is 482 g/mol. The summed E-state index contributed by atoms with van der Waals surface area (Å²) in [6.07, 6.45) is 2.56. The second-order valence-electron chi connectivity index (χ2n) is 7.74. The van der Waals surface area contributed by atoms with Gasteiger partial charge in [0, 0.05) is 55.3 Å². The Balaban J connectivity index is 1.46. The summed E-state index contributed by atoms with van der Waals surface area (Å²) in [6, 6.07) is 8.78. The van der Waals surface area contributed by atoms with E-state index in [9.17, 15) is 13.6 Å². The maximum Gasteiger partial charge on any atom is 0.317 e. The molecule has 4 aromatic rings. The van der Waals surface area contributed by atoms with Gasteiger partial charge in [0.05, 0.1) is 11.1 Å². The van der Waals surface area contributed by atoms with Crippen molar-refractivity contribution >= 4 is 33.4 Å². The highest BCUT2D eigenvalue weighted by Gasteiger charge is 2.19. The minimum atomic E-state index is -0.593. The third kappa shape index (κ3) is 4.27. The number of rotatable bonds is 7. The largest absolute Gasteiger partial charge is 0.352 e. The Morgan fingerprint density at radius 3 is 2.85 bits per heavy atom. The van der Waals surface area contributed by atoms with Gasteiger partial charge in [-0.3, -0.25) is 0 Å². The maximum atomic E-state index is 14.7. The lowest BCUT2D eigenvalue weighted by molar-refractivity contribution is 0.219. The summed E-state index contributed by atoms with van der Waals surface area (Å²) in [5.41, 5.74) is 8.19. The van der Waals surface area contributed by atoms with E-state index in [0.29, 0.717) is 36.6 Å². The Morgan fingerprint density at radius 2 is 2.06 bits per heavy atom. The number of aromatic nitrogens is 3. The number of anilines is 1. The van der Waals surface area contributed by atoms with Gasteiger partial charge in [-0.15, -0.1) is 11.3 Å². The second kappa shape index (κ2) is 9.27. The number of carbonyl (C=O) groups is 1. The van der Waals surface area contributed by atoms with Gasteiger partial charge in [0.25, 0.3) is 0 Å². The minimum absolute atomic E-state index is 0.101. The molecular formula is C23H21F2N7OS. The van der Waals surface area contributed by atoms with Crippen LogP contribution in [0.4, 0.5) is 19.5 Å². The maximum absolute atomic E-state index is 14.7. The highest BCUT2D eigenvalue weighted by Crippen LogP contribution is 2.40. The summed E-state index contributed by atoms with van der Waals surface area (Å²) in [7, 11) is 0. The average Bonchev–Trinajstić information content (AvgIpc) is 3.46. The number of nitrogens with two attached hydrogens (primary N) is 1. The fourth-order valence-corrected chi connectivity index (χ4v) is 5.09. The summed E-state index contributed by atoms with van der Waals surface area (Å²) < 4.78 is 29.5. The Labute approximate surface area is 197 Å². The van der Waals surface area contributed by atoms with Crippen LogP contribution in [0.15, 0.2) is 42.7 Å². The molecule has 34 heavy (non-hydrogen) atoms. The van der Waals surface area contributed by atoms with Crippen LogP contribution < -0.4 is 16.4 Å². The number of fused-ring (bicyclic) bond motifs is 1. The standard InChI is InChI=1S/C23H21F2N7OS/c24-17-12-30-22(27-4-6-32-7-5-28-23(32)33)31-20(17)18-8-13-2-1-3-15(21(13)34-18)16-9-19(25)29-11-14(16)10-26/h1-3,8-9,11-12H,4-7,10,26H2,(H,28,33)(H,27,30,31). The summed E-state index contributed by atoms with van der Waals surface area (Å²) in [6.45, 7) is 2.41. The van der Waals surface area contributed by atoms with E-state index < -0.39 is 11.8 Å². The van der Waals surface area contributed by atoms with Gasteiger partial charge in [-0.25, -0.2) is 24.1 Å². The molecule has 4 heterocycles. The zero-order chi connectivity index (χ0) is 23.7. The highest BCUT2D eigenvalue weighted by molar-refractivity contribution is 7.22. The summed E-state index contributed by atoms with van der Waals surface area (Å²) in [5, 5.41) is 6.68. The number of nitrogens with one attached hydrogen (secondary N) is 2. The van der Waals surface area contributed by atoms with Crippen molar-refractivity contribution in [3.63, 3.8) is 0 Å². The van der Waals surface area contributed by atoms with Gasteiger partial charge in [0.2, 0.25) is 11.9 Å². The third-order valence-corrected chi connectivity index (χ3v) is 6.79. The van der Waals surface area contributed by atoms with Gasteiger partial charge in [-0.05, 0) is 22.6 Å². The number of urea groups is 1. The van der Waals surface area contributed by atoms with Crippen molar-refractivity contribution in [2.24, 2.45) is 5.73 Å². The lowest BCUT2D eigenvalue weighted by Crippen LogP contribution is -2.32. The van der Waals surface area contributed by atoms with Crippen molar-refractivity contribution in [2.75, 3.05) is 31.5 Å². The Morgan fingerprint density at radius 1 is 1.18 bits per heavy atom. The monoisotopic (exact) mass is 481 g/mol. The highest BCUT2D eigenvalue weighted by atomic mass is 32.1. The molecule has 8 nitrogen and oxygen atoms in total. The number of carbonyl (C=O) groups excluding carboxylic acids is 1. The van der Waals surface area contributed by atoms with E-state index in [2.05, 4.69) is 25.6 Å². The Hall–Kier alpha value is -3.70. The van der Waals surface area contributed by atoms with Gasteiger partial charge in [0.1, 0.15) is 5.69 Å². The fourth-order valence-electron chi connectivity index (χ4n) is 3.92. The van der Waals surface area contributed by atoms with E-state index in [1.807, 2.05) is 24.3 Å². The van der Waals surface area contributed by atoms with E-state index in [-0.39, 0.29) is 24.2 Å². The van der Waals surface area contributed by atoms with E-state index in [1.165, 1.54) is 23.6 Å². The molecule has 2 amide bonds. The van der Waals surface area contributed by atoms with Crippen LogP contribution >= 0.6 is 11.3 Å². The number of hydrogen-bond acceptors (Lipinski definition) is 7. The number of hydrogen-bond donors (Lipinski definition) is 3. The number of thiophene rings is 1. The molecule has 1 aliphatic rings. The molecule has 0 saturated carbocycles. The number of amides is 2. The molecule has 0 spiro atoms. The Kier molecular flexibility index (Phi) is 6.03. The molecule has 1 saturated heterocycles. The van der Waals surface area contributed by atoms with Crippen LogP contribution in [0.25, 0.3) is 31.8 Å². The molecule has 0 radical (unpaired) electrons. The lowest BCUT2D eigenvalue weighted by atomic mass is 10.0. The molecule has 5 rings (SSSR count). The topological polar surface area (TPSA) is 109 Å². The number of pyridine rings is 1. The smallest absolute Gasteiger partial charge is 0.317 e. The fraction of sp³-hybridized carbons (Fsp3) is 0.217. The van der Waals surface area contributed by atoms with Crippen molar-refractivity contribution in [3.8, 4) is 21.7 Å². The first-order chi connectivity index (χ1) is 16.5. The number of benzene rings is 1. The number of nitrogens with zero attached hydrogens (tertiary/aromatic N) is 4. The molecule has 174 valence electrons. The van der Waals surface area contributed by atoms with Crippen LogP contribution in [0.1, 0.15) is 5.56 Å². The van der Waals surface area contributed by atoms with Gasteiger partial charge in [-0.2, -0.15) is 4.39 Å². The molecular weight excluding hydrogens is 460 g/mol. The van der Waals surface area contributed by atoms with Crippen LogP contribution in [0, 0.1) is 11.8 Å². The molecule has 0 unspecified atom stereocenters. The van der Waals surface area contributed by atoms with E-state index in [0.717, 1.165) is 27.4 Å². The van der Waals surface area contributed by atoms with Crippen LogP contribution in [0.3, 0.4) is 0 Å². The summed E-state index contributed by atoms with van der Waals surface area (Å²) in [4.78, 5) is 26.1. The van der Waals surface area contributed by atoms with Crippen LogP contribution in [-0.2, 0) is 6.54 Å². The van der Waals surface area contributed by atoms with E-state index in [1.54, 1.807) is 4.90 Å². The normalized spacial score (nSPS) is 13.5. The molecule has 3 aromatic heterocycles. The SMILES string of the molecule is NCc1cnc(F)cc1-c1cccc2cc(-c3nc(NCCN4CCNC4=O)ncc3F)sc12. The first kappa shape index (κ1) is 22.1. The number of halogens is 2. The Bertz CT molecular complexity index is 1380. The molecule has 0 bridgehead atoms. The van der Waals surface area contributed by atoms with Gasteiger partial charge < -0.3 is 21.3 Å². The van der Waals surface area contributed by atoms with Crippen LogP contribution in [0.2, 0.25) is 0 Å². The predicted molar refractivity (Wildman–Crippen MR) is 127 cm³/mol.